The maximum Gasteiger partial charge on any atom is 0.191 e. The van der Waals surface area contributed by atoms with Crippen LogP contribution in [0, 0.1) is 12.8 Å². The van der Waals surface area contributed by atoms with E-state index in [1.165, 1.54) is 29.7 Å². The molecule has 19 heavy (non-hydrogen) atoms. The Labute approximate surface area is 137 Å². The van der Waals surface area contributed by atoms with Gasteiger partial charge in [0.25, 0.3) is 0 Å². The molecule has 3 nitrogen and oxygen atoms in total. The van der Waals surface area contributed by atoms with Gasteiger partial charge in [-0.05, 0) is 42.7 Å². The number of rotatable bonds is 5. The van der Waals surface area contributed by atoms with E-state index in [-0.39, 0.29) is 24.0 Å². The van der Waals surface area contributed by atoms with Crippen molar-refractivity contribution in [2.45, 2.75) is 45.7 Å². The first-order valence-corrected chi connectivity index (χ1v) is 7.62. The second-order valence-electron chi connectivity index (χ2n) is 4.99. The quantitative estimate of drug-likeness (QED) is 0.456. The van der Waals surface area contributed by atoms with Crippen LogP contribution in [0.4, 0.5) is 0 Å². The van der Waals surface area contributed by atoms with Crippen molar-refractivity contribution in [3.05, 3.63) is 21.9 Å². The van der Waals surface area contributed by atoms with E-state index in [1.54, 1.807) is 11.3 Å². The second kappa shape index (κ2) is 8.09. The minimum absolute atomic E-state index is 0. The lowest BCUT2D eigenvalue weighted by Gasteiger charge is -2.11. The van der Waals surface area contributed by atoms with Crippen LogP contribution in [0.5, 0.6) is 0 Å². The Bertz CT molecular complexity index is 417. The van der Waals surface area contributed by atoms with Gasteiger partial charge < -0.3 is 10.6 Å². The van der Waals surface area contributed by atoms with E-state index >= 15 is 0 Å². The molecule has 5 heteroatoms. The van der Waals surface area contributed by atoms with Gasteiger partial charge in [-0.2, -0.15) is 0 Å². The molecule has 2 rings (SSSR count). The number of guanidine groups is 1. The molecule has 0 aromatic carbocycles. The second-order valence-corrected chi connectivity index (χ2v) is 5.99. The van der Waals surface area contributed by atoms with E-state index in [0.717, 1.165) is 18.4 Å². The molecular weight excluding hydrogens is 369 g/mol. The smallest absolute Gasteiger partial charge is 0.191 e. The van der Waals surface area contributed by atoms with Crippen molar-refractivity contribution in [2.24, 2.45) is 10.9 Å². The minimum Gasteiger partial charge on any atom is -0.353 e. The van der Waals surface area contributed by atoms with Crippen molar-refractivity contribution in [1.29, 1.82) is 0 Å². The molecule has 1 fully saturated rings. The topological polar surface area (TPSA) is 36.4 Å². The van der Waals surface area contributed by atoms with E-state index < -0.39 is 0 Å². The van der Waals surface area contributed by atoms with Gasteiger partial charge in [-0.1, -0.05) is 13.3 Å². The number of hydrogen-bond donors (Lipinski definition) is 2. The van der Waals surface area contributed by atoms with Crippen LogP contribution in [0.3, 0.4) is 0 Å². The fourth-order valence-corrected chi connectivity index (χ4v) is 3.08. The summed E-state index contributed by atoms with van der Waals surface area (Å²) in [6.45, 7) is 5.28. The Hall–Kier alpha value is -0.300. The Morgan fingerprint density at radius 2 is 2.32 bits per heavy atom. The van der Waals surface area contributed by atoms with Gasteiger partial charge in [-0.3, -0.25) is 4.99 Å². The number of thiophene rings is 1. The first kappa shape index (κ1) is 16.8. The summed E-state index contributed by atoms with van der Waals surface area (Å²) in [5, 5.41) is 9.04. The van der Waals surface area contributed by atoms with Crippen molar-refractivity contribution in [3.8, 4) is 0 Å². The average molecular weight is 393 g/mol. The monoisotopic (exact) mass is 393 g/mol. The third-order valence-corrected chi connectivity index (χ3v) is 4.54. The first-order chi connectivity index (χ1) is 8.74. The fourth-order valence-electron chi connectivity index (χ4n) is 2.23. The molecule has 1 aliphatic carbocycles. The van der Waals surface area contributed by atoms with E-state index in [1.807, 2.05) is 7.05 Å². The standard InChI is InChI=1S/C14H23N3S.HI/c1-4-5-11-8-12(11)17-14(15-3)16-9-13-10(2)6-7-18-13;/h6-7,11-12H,4-5,8-9H2,1-3H3,(H2,15,16,17);1H. The van der Waals surface area contributed by atoms with E-state index in [0.29, 0.717) is 6.04 Å². The SMILES string of the molecule is CCCC1CC1NC(=NC)NCc1sccc1C.I. The molecule has 0 amide bonds. The first-order valence-electron chi connectivity index (χ1n) is 6.74. The Kier molecular flexibility index (Phi) is 7.13. The van der Waals surface area contributed by atoms with Gasteiger partial charge in [-0.25, -0.2) is 0 Å². The molecule has 1 saturated carbocycles. The summed E-state index contributed by atoms with van der Waals surface area (Å²) in [7, 11) is 1.84. The third-order valence-electron chi connectivity index (χ3n) is 3.51. The highest BCUT2D eigenvalue weighted by atomic mass is 127. The number of aryl methyl sites for hydroxylation is 1. The van der Waals surface area contributed by atoms with Crippen molar-refractivity contribution < 1.29 is 0 Å². The molecule has 0 aliphatic heterocycles. The summed E-state index contributed by atoms with van der Waals surface area (Å²) in [4.78, 5) is 5.68. The van der Waals surface area contributed by atoms with Gasteiger partial charge in [0.2, 0.25) is 0 Å². The Morgan fingerprint density at radius 1 is 1.53 bits per heavy atom. The van der Waals surface area contributed by atoms with Crippen LogP contribution >= 0.6 is 35.3 Å². The molecule has 2 N–H and O–H groups in total. The molecule has 2 unspecified atom stereocenters. The summed E-state index contributed by atoms with van der Waals surface area (Å²) >= 11 is 1.80. The molecule has 1 aromatic rings. The summed E-state index contributed by atoms with van der Waals surface area (Å²) in [5.41, 5.74) is 1.36. The van der Waals surface area contributed by atoms with Gasteiger partial charge in [-0.15, -0.1) is 35.3 Å². The van der Waals surface area contributed by atoms with Gasteiger partial charge >= 0.3 is 0 Å². The molecule has 0 radical (unpaired) electrons. The summed E-state index contributed by atoms with van der Waals surface area (Å²) in [6.07, 6.45) is 3.91. The van der Waals surface area contributed by atoms with E-state index in [4.69, 9.17) is 0 Å². The van der Waals surface area contributed by atoms with Gasteiger partial charge in [0.05, 0.1) is 6.54 Å². The highest BCUT2D eigenvalue weighted by Crippen LogP contribution is 2.34. The van der Waals surface area contributed by atoms with Gasteiger partial charge in [0.15, 0.2) is 5.96 Å². The van der Waals surface area contributed by atoms with E-state index in [2.05, 4.69) is 40.9 Å². The predicted octanol–water partition coefficient (Wildman–Crippen LogP) is 3.53. The molecular formula is C14H24IN3S. The van der Waals surface area contributed by atoms with Gasteiger partial charge in [0.1, 0.15) is 0 Å². The molecule has 0 bridgehead atoms. The Balaban J connectivity index is 0.00000180. The summed E-state index contributed by atoms with van der Waals surface area (Å²) in [6, 6.07) is 2.80. The van der Waals surface area contributed by atoms with Crippen LogP contribution < -0.4 is 10.6 Å². The lowest BCUT2D eigenvalue weighted by Crippen LogP contribution is -2.38. The van der Waals surface area contributed by atoms with Crippen molar-refractivity contribution >= 4 is 41.3 Å². The molecule has 0 spiro atoms. The van der Waals surface area contributed by atoms with Crippen molar-refractivity contribution in [1.82, 2.24) is 10.6 Å². The van der Waals surface area contributed by atoms with Gasteiger partial charge in [0, 0.05) is 18.0 Å². The highest BCUT2D eigenvalue weighted by Gasteiger charge is 2.36. The number of aliphatic imine (C=N–C) groups is 1. The maximum atomic E-state index is 4.29. The van der Waals surface area contributed by atoms with Crippen LogP contribution in [-0.2, 0) is 6.54 Å². The average Bonchev–Trinajstić information content (AvgIpc) is 2.96. The molecule has 1 aromatic heterocycles. The van der Waals surface area contributed by atoms with E-state index in [9.17, 15) is 0 Å². The van der Waals surface area contributed by atoms with Crippen molar-refractivity contribution in [3.63, 3.8) is 0 Å². The molecule has 2 atom stereocenters. The third kappa shape index (κ3) is 4.95. The normalized spacial score (nSPS) is 21.7. The minimum atomic E-state index is 0. The van der Waals surface area contributed by atoms with Crippen LogP contribution in [0.25, 0.3) is 0 Å². The summed E-state index contributed by atoms with van der Waals surface area (Å²) in [5.74, 6) is 1.79. The zero-order valence-corrected chi connectivity index (χ0v) is 15.0. The van der Waals surface area contributed by atoms with Crippen LogP contribution in [0.1, 0.15) is 36.6 Å². The zero-order chi connectivity index (χ0) is 13.0. The number of halogens is 1. The van der Waals surface area contributed by atoms with Crippen LogP contribution in [0.15, 0.2) is 16.4 Å². The Morgan fingerprint density at radius 3 is 2.89 bits per heavy atom. The molecule has 1 heterocycles. The lowest BCUT2D eigenvalue weighted by molar-refractivity contribution is 0.655. The van der Waals surface area contributed by atoms with Crippen LogP contribution in [0.2, 0.25) is 0 Å². The fraction of sp³-hybridized carbons (Fsp3) is 0.643. The summed E-state index contributed by atoms with van der Waals surface area (Å²) < 4.78 is 0. The zero-order valence-electron chi connectivity index (χ0n) is 11.9. The highest BCUT2D eigenvalue weighted by molar-refractivity contribution is 14.0. The lowest BCUT2D eigenvalue weighted by atomic mass is 10.2. The van der Waals surface area contributed by atoms with Crippen LogP contribution in [-0.4, -0.2) is 19.0 Å². The molecule has 0 saturated heterocycles. The molecule has 108 valence electrons. The number of nitrogens with one attached hydrogen (secondary N) is 2. The molecule has 1 aliphatic rings. The largest absolute Gasteiger partial charge is 0.353 e. The number of nitrogens with zero attached hydrogens (tertiary/aromatic N) is 1. The predicted molar refractivity (Wildman–Crippen MR) is 94.6 cm³/mol. The number of hydrogen-bond acceptors (Lipinski definition) is 2. The van der Waals surface area contributed by atoms with Crippen molar-refractivity contribution in [2.75, 3.05) is 7.05 Å². The maximum absolute atomic E-state index is 4.29.